The number of nitrogens with zero attached hydrogens (tertiary/aromatic N) is 2. The number of rotatable bonds is 4. The molecule has 152 valence electrons. The molecule has 1 aromatic heterocycles. The molecule has 0 fully saturated rings. The van der Waals surface area contributed by atoms with Crippen molar-refractivity contribution in [2.45, 2.75) is 27.2 Å². The summed E-state index contributed by atoms with van der Waals surface area (Å²) in [6.45, 7) is 5.91. The van der Waals surface area contributed by atoms with E-state index in [4.69, 9.17) is 4.99 Å². The van der Waals surface area contributed by atoms with Gasteiger partial charge in [0, 0.05) is 10.6 Å². The molecule has 4 rings (SSSR count). The van der Waals surface area contributed by atoms with Crippen LogP contribution in [0.15, 0.2) is 58.9 Å². The highest BCUT2D eigenvalue weighted by Gasteiger charge is 2.27. The highest BCUT2D eigenvalue weighted by atomic mass is 32.1. The van der Waals surface area contributed by atoms with Crippen molar-refractivity contribution in [3.05, 3.63) is 75.5 Å². The second kappa shape index (κ2) is 8.24. The van der Waals surface area contributed by atoms with E-state index in [9.17, 15) is 9.59 Å². The Balaban J connectivity index is 1.68. The van der Waals surface area contributed by atoms with Crippen LogP contribution in [0.1, 0.15) is 28.0 Å². The number of benzene rings is 2. The minimum Gasteiger partial charge on any atom is -0.324 e. The minimum absolute atomic E-state index is 0.0596. The van der Waals surface area contributed by atoms with Crippen LogP contribution in [0.4, 0.5) is 17.1 Å². The molecule has 30 heavy (non-hydrogen) atoms. The average Bonchev–Trinajstić information content (AvgIpc) is 3.21. The number of hydrogen-bond acceptors (Lipinski definition) is 4. The smallest absolute Gasteiger partial charge is 0.244 e. The minimum atomic E-state index is -0.235. The van der Waals surface area contributed by atoms with E-state index in [0.717, 1.165) is 38.7 Å². The van der Waals surface area contributed by atoms with Crippen LogP contribution in [0.25, 0.3) is 0 Å². The Bertz CT molecular complexity index is 1150. The van der Waals surface area contributed by atoms with Gasteiger partial charge in [-0.2, -0.15) is 0 Å². The monoisotopic (exact) mass is 417 g/mol. The van der Waals surface area contributed by atoms with Gasteiger partial charge >= 0.3 is 0 Å². The molecule has 1 aliphatic heterocycles. The van der Waals surface area contributed by atoms with Crippen LogP contribution >= 0.6 is 11.3 Å². The largest absolute Gasteiger partial charge is 0.324 e. The van der Waals surface area contributed by atoms with Crippen molar-refractivity contribution in [1.29, 1.82) is 0 Å². The average molecular weight is 418 g/mol. The second-order valence-corrected chi connectivity index (χ2v) is 8.43. The predicted molar refractivity (Wildman–Crippen MR) is 123 cm³/mol. The van der Waals surface area contributed by atoms with E-state index in [1.54, 1.807) is 16.2 Å². The molecular weight excluding hydrogens is 394 g/mol. The van der Waals surface area contributed by atoms with Gasteiger partial charge in [-0.3, -0.25) is 9.59 Å². The van der Waals surface area contributed by atoms with E-state index in [1.165, 1.54) is 0 Å². The van der Waals surface area contributed by atoms with Crippen molar-refractivity contribution in [3.63, 3.8) is 0 Å². The normalized spacial score (nSPS) is 13.5. The van der Waals surface area contributed by atoms with Gasteiger partial charge in [-0.25, -0.2) is 4.99 Å². The van der Waals surface area contributed by atoms with Crippen molar-refractivity contribution < 1.29 is 9.59 Å². The van der Waals surface area contributed by atoms with Gasteiger partial charge in [-0.05, 0) is 67.1 Å². The summed E-state index contributed by atoms with van der Waals surface area (Å²) < 4.78 is 0. The molecule has 1 N–H and O–H groups in total. The summed E-state index contributed by atoms with van der Waals surface area (Å²) >= 11 is 1.56. The maximum absolute atomic E-state index is 13.2. The number of carbonyl (C=O) groups is 2. The lowest BCUT2D eigenvalue weighted by Crippen LogP contribution is -2.38. The van der Waals surface area contributed by atoms with E-state index in [-0.39, 0.29) is 24.8 Å². The molecule has 2 amide bonds. The lowest BCUT2D eigenvalue weighted by atomic mass is 10.1. The quantitative estimate of drug-likeness (QED) is 0.637. The Morgan fingerprint density at radius 1 is 1.07 bits per heavy atom. The number of nitrogens with one attached hydrogen (secondary N) is 1. The molecule has 0 spiro atoms. The fourth-order valence-electron chi connectivity index (χ4n) is 3.45. The summed E-state index contributed by atoms with van der Waals surface area (Å²) in [7, 11) is 0. The van der Waals surface area contributed by atoms with Crippen molar-refractivity contribution >= 4 is 45.9 Å². The maximum Gasteiger partial charge on any atom is 0.244 e. The summed E-state index contributed by atoms with van der Waals surface area (Å²) in [6, 6.07) is 15.5. The van der Waals surface area contributed by atoms with Gasteiger partial charge in [0.2, 0.25) is 11.8 Å². The van der Waals surface area contributed by atoms with Gasteiger partial charge in [0.1, 0.15) is 6.54 Å². The topological polar surface area (TPSA) is 61.8 Å². The lowest BCUT2D eigenvalue weighted by Gasteiger charge is -2.23. The second-order valence-electron chi connectivity index (χ2n) is 7.48. The molecule has 3 aromatic rings. The molecule has 0 bridgehead atoms. The van der Waals surface area contributed by atoms with Gasteiger partial charge in [0.05, 0.1) is 23.5 Å². The molecule has 0 saturated carbocycles. The van der Waals surface area contributed by atoms with Gasteiger partial charge < -0.3 is 10.2 Å². The summed E-state index contributed by atoms with van der Waals surface area (Å²) in [5.41, 5.74) is 6.01. The summed E-state index contributed by atoms with van der Waals surface area (Å²) in [6.07, 6.45) is 0.158. The van der Waals surface area contributed by atoms with Crippen LogP contribution in [-0.2, 0) is 9.59 Å². The third-order valence-electron chi connectivity index (χ3n) is 5.28. The van der Waals surface area contributed by atoms with E-state index in [2.05, 4.69) is 5.32 Å². The Morgan fingerprint density at radius 3 is 2.57 bits per heavy atom. The number of aliphatic imine (C=N–C) groups is 1. The molecule has 0 radical (unpaired) electrons. The van der Waals surface area contributed by atoms with Gasteiger partial charge in [-0.15, -0.1) is 11.3 Å². The van der Waals surface area contributed by atoms with Crippen molar-refractivity contribution in [1.82, 2.24) is 0 Å². The first-order chi connectivity index (χ1) is 14.4. The van der Waals surface area contributed by atoms with Crippen LogP contribution < -0.4 is 10.2 Å². The number of carbonyl (C=O) groups excluding carboxylic acids is 2. The molecule has 2 aromatic carbocycles. The van der Waals surface area contributed by atoms with Crippen LogP contribution in [-0.4, -0.2) is 24.1 Å². The number of thiophene rings is 1. The first-order valence-corrected chi connectivity index (χ1v) is 10.7. The lowest BCUT2D eigenvalue weighted by molar-refractivity contribution is -0.120. The first kappa shape index (κ1) is 20.0. The summed E-state index contributed by atoms with van der Waals surface area (Å²) in [4.78, 5) is 33.4. The van der Waals surface area contributed by atoms with Crippen molar-refractivity contribution in [2.24, 2.45) is 4.99 Å². The number of anilines is 2. The number of fused-ring (bicyclic) bond motifs is 1. The molecule has 5 nitrogen and oxygen atoms in total. The Morgan fingerprint density at radius 2 is 1.83 bits per heavy atom. The van der Waals surface area contributed by atoms with Crippen LogP contribution in [0, 0.1) is 20.8 Å². The van der Waals surface area contributed by atoms with E-state index < -0.39 is 0 Å². The molecule has 0 unspecified atom stereocenters. The zero-order valence-corrected chi connectivity index (χ0v) is 18.0. The van der Waals surface area contributed by atoms with E-state index in [1.807, 2.05) is 74.7 Å². The Kier molecular flexibility index (Phi) is 5.50. The molecule has 1 aliphatic rings. The van der Waals surface area contributed by atoms with E-state index >= 15 is 0 Å². The highest BCUT2D eigenvalue weighted by molar-refractivity contribution is 7.12. The fraction of sp³-hybridized carbons (Fsp3) is 0.208. The number of para-hydroxylation sites is 1. The molecule has 6 heteroatoms. The van der Waals surface area contributed by atoms with Crippen molar-refractivity contribution in [2.75, 3.05) is 16.8 Å². The van der Waals surface area contributed by atoms with Crippen LogP contribution in [0.5, 0.6) is 0 Å². The predicted octanol–water partition coefficient (Wildman–Crippen LogP) is 5.17. The zero-order chi connectivity index (χ0) is 21.3. The molecule has 0 saturated heterocycles. The molecule has 2 heterocycles. The third kappa shape index (κ3) is 4.04. The first-order valence-electron chi connectivity index (χ1n) is 9.81. The van der Waals surface area contributed by atoms with Gasteiger partial charge in [0.15, 0.2) is 0 Å². The highest BCUT2D eigenvalue weighted by Crippen LogP contribution is 2.36. The molecule has 0 aliphatic carbocycles. The zero-order valence-electron chi connectivity index (χ0n) is 17.2. The summed E-state index contributed by atoms with van der Waals surface area (Å²) in [5.74, 6) is -0.370. The standard InChI is InChI=1S/C24H23N3O2S/c1-15-7-4-5-8-18(15)26-23(28)14-27-21-12-17(3)16(2)11-19(21)25-20(13-24(27)29)22-9-6-10-30-22/h4-12H,13-14H2,1-3H3,(H,26,28). The summed E-state index contributed by atoms with van der Waals surface area (Å²) in [5, 5.41) is 4.90. The fourth-order valence-corrected chi connectivity index (χ4v) is 4.17. The van der Waals surface area contributed by atoms with E-state index in [0.29, 0.717) is 5.69 Å². The van der Waals surface area contributed by atoms with Crippen LogP contribution in [0.2, 0.25) is 0 Å². The number of aryl methyl sites for hydroxylation is 3. The van der Waals surface area contributed by atoms with Gasteiger partial charge in [0.25, 0.3) is 0 Å². The SMILES string of the molecule is Cc1cc2c(cc1C)N(CC(=O)Nc1ccccc1C)C(=O)CC(c1cccs1)=N2. The number of amides is 2. The Hall–Kier alpha value is -3.25. The third-order valence-corrected chi connectivity index (χ3v) is 6.20. The molecule has 0 atom stereocenters. The van der Waals surface area contributed by atoms with Crippen LogP contribution in [0.3, 0.4) is 0 Å². The maximum atomic E-state index is 13.2. The van der Waals surface area contributed by atoms with Crippen molar-refractivity contribution in [3.8, 4) is 0 Å². The van der Waals surface area contributed by atoms with Gasteiger partial charge in [-0.1, -0.05) is 24.3 Å². The number of hydrogen-bond donors (Lipinski definition) is 1. The Labute approximate surface area is 180 Å². The molecular formula is C24H23N3O2S.